The van der Waals surface area contributed by atoms with E-state index in [0.29, 0.717) is 0 Å². The van der Waals surface area contributed by atoms with Crippen molar-refractivity contribution in [1.82, 2.24) is 21.3 Å². The third-order valence-electron chi connectivity index (χ3n) is 2.80. The molecule has 0 fully saturated rings. The molecule has 0 aliphatic carbocycles. The molecule has 0 aromatic rings. The Balaban J connectivity index is 4.66. The van der Waals surface area contributed by atoms with E-state index in [4.69, 9.17) is 15.3 Å². The minimum Gasteiger partial charge on any atom is -0.480 e. The molecular weight excluding hydrogens is 328 g/mol. The Hall–Kier alpha value is -3.05. The number of rotatable bonds is 9. The summed E-state index contributed by atoms with van der Waals surface area (Å²) in [5, 5.41) is 34.1. The van der Waals surface area contributed by atoms with E-state index >= 15 is 0 Å². The zero-order valence-corrected chi connectivity index (χ0v) is 13.0. The number of carbonyl (C=O) groups excluding carboxylic acids is 2. The Labute approximate surface area is 136 Å². The molecule has 0 saturated carbocycles. The van der Waals surface area contributed by atoms with Gasteiger partial charge in [-0.3, -0.25) is 14.4 Å². The van der Waals surface area contributed by atoms with E-state index in [0.717, 1.165) is 0 Å². The molecule has 24 heavy (non-hydrogen) atoms. The number of nitrogens with one attached hydrogen (secondary N) is 4. The number of carboxylic acids is 1. The second-order valence-electron chi connectivity index (χ2n) is 4.82. The fourth-order valence-electron chi connectivity index (χ4n) is 1.52. The van der Waals surface area contributed by atoms with Gasteiger partial charge < -0.3 is 36.6 Å². The summed E-state index contributed by atoms with van der Waals surface area (Å²) in [6.45, 7) is 2.33. The first-order valence-electron chi connectivity index (χ1n) is 6.84. The molecule has 0 aliphatic rings. The van der Waals surface area contributed by atoms with E-state index in [1.165, 1.54) is 13.8 Å². The highest BCUT2D eigenvalue weighted by molar-refractivity contribution is 5.92. The SMILES string of the molecule is C[C@@H](NC(=O)[C@@H](C)NC(=O)[C@H](CCNC(=O)O)NC(=O)O)C(=O)O. The highest BCUT2D eigenvalue weighted by Gasteiger charge is 2.25. The zero-order valence-electron chi connectivity index (χ0n) is 13.0. The van der Waals surface area contributed by atoms with Gasteiger partial charge in [-0.15, -0.1) is 0 Å². The number of carbonyl (C=O) groups is 5. The monoisotopic (exact) mass is 348 g/mol. The highest BCUT2D eigenvalue weighted by atomic mass is 16.4. The van der Waals surface area contributed by atoms with Gasteiger partial charge in [-0.1, -0.05) is 0 Å². The van der Waals surface area contributed by atoms with Crippen molar-refractivity contribution in [2.24, 2.45) is 0 Å². The predicted octanol–water partition coefficient (Wildman–Crippen LogP) is -1.63. The van der Waals surface area contributed by atoms with Crippen LogP contribution in [0.5, 0.6) is 0 Å². The Morgan fingerprint density at radius 2 is 1.33 bits per heavy atom. The van der Waals surface area contributed by atoms with Gasteiger partial charge >= 0.3 is 18.2 Å². The van der Waals surface area contributed by atoms with Crippen LogP contribution < -0.4 is 21.3 Å². The van der Waals surface area contributed by atoms with Crippen LogP contribution in [0.3, 0.4) is 0 Å². The van der Waals surface area contributed by atoms with Crippen LogP contribution in [0.15, 0.2) is 0 Å². The molecule has 0 heterocycles. The first-order chi connectivity index (χ1) is 11.0. The maximum atomic E-state index is 12.0. The summed E-state index contributed by atoms with van der Waals surface area (Å²) in [6, 6.07) is -3.57. The van der Waals surface area contributed by atoms with Crippen molar-refractivity contribution < 1.29 is 39.3 Å². The van der Waals surface area contributed by atoms with E-state index in [2.05, 4.69) is 10.6 Å². The smallest absolute Gasteiger partial charge is 0.405 e. The molecule has 0 rings (SSSR count). The Morgan fingerprint density at radius 1 is 0.792 bits per heavy atom. The molecular formula is C12H20N4O8. The molecule has 7 N–H and O–H groups in total. The van der Waals surface area contributed by atoms with E-state index in [1.54, 1.807) is 0 Å². The lowest BCUT2D eigenvalue weighted by Gasteiger charge is -2.20. The van der Waals surface area contributed by atoms with Gasteiger partial charge in [-0.05, 0) is 20.3 Å². The van der Waals surface area contributed by atoms with Crippen LogP contribution in [0.2, 0.25) is 0 Å². The fourth-order valence-corrected chi connectivity index (χ4v) is 1.52. The van der Waals surface area contributed by atoms with Crippen LogP contribution in [0, 0.1) is 0 Å². The van der Waals surface area contributed by atoms with E-state index in [1.807, 2.05) is 10.6 Å². The third kappa shape index (κ3) is 8.41. The lowest BCUT2D eigenvalue weighted by atomic mass is 10.1. The zero-order chi connectivity index (χ0) is 18.9. The van der Waals surface area contributed by atoms with Crippen LogP contribution in [-0.4, -0.2) is 70.0 Å². The molecule has 0 bridgehead atoms. The summed E-state index contributed by atoms with van der Waals surface area (Å²) >= 11 is 0. The van der Waals surface area contributed by atoms with Crippen molar-refractivity contribution in [2.75, 3.05) is 6.54 Å². The van der Waals surface area contributed by atoms with Gasteiger partial charge in [0.15, 0.2) is 0 Å². The maximum absolute atomic E-state index is 12.0. The first kappa shape index (κ1) is 20.9. The minimum atomic E-state index is -1.50. The summed E-state index contributed by atoms with van der Waals surface area (Å²) in [4.78, 5) is 55.4. The molecule has 12 heteroatoms. The van der Waals surface area contributed by atoms with Gasteiger partial charge in [0.2, 0.25) is 11.8 Å². The quantitative estimate of drug-likeness (QED) is 0.258. The molecule has 0 radical (unpaired) electrons. The largest absolute Gasteiger partial charge is 0.480 e. The molecule has 0 saturated heterocycles. The van der Waals surface area contributed by atoms with Gasteiger partial charge in [0.1, 0.15) is 18.1 Å². The Bertz CT molecular complexity index is 509. The standard InChI is InChI=1S/C12H20N4O8/c1-5(8(17)15-6(2)10(19)20)14-9(18)7(16-12(23)24)3-4-13-11(21)22/h5-7,13,16H,3-4H2,1-2H3,(H,14,18)(H,15,17)(H,19,20)(H,21,22)(H,23,24)/t5-,6-,7+/m1/s1. The summed E-state index contributed by atoms with van der Waals surface area (Å²) in [5.74, 6) is -2.88. The van der Waals surface area contributed by atoms with Crippen LogP contribution >= 0.6 is 0 Å². The maximum Gasteiger partial charge on any atom is 0.405 e. The van der Waals surface area contributed by atoms with Gasteiger partial charge in [-0.25, -0.2) is 9.59 Å². The molecule has 0 aromatic heterocycles. The van der Waals surface area contributed by atoms with E-state index in [-0.39, 0.29) is 13.0 Å². The van der Waals surface area contributed by atoms with Crippen LogP contribution in [0.25, 0.3) is 0 Å². The second kappa shape index (κ2) is 9.86. The number of amides is 4. The van der Waals surface area contributed by atoms with Crippen molar-refractivity contribution in [3.05, 3.63) is 0 Å². The molecule has 0 unspecified atom stereocenters. The van der Waals surface area contributed by atoms with E-state index in [9.17, 15) is 24.0 Å². The predicted molar refractivity (Wildman–Crippen MR) is 78.4 cm³/mol. The van der Waals surface area contributed by atoms with Crippen molar-refractivity contribution in [3.8, 4) is 0 Å². The summed E-state index contributed by atoms with van der Waals surface area (Å²) in [7, 11) is 0. The average molecular weight is 348 g/mol. The first-order valence-corrected chi connectivity index (χ1v) is 6.84. The van der Waals surface area contributed by atoms with Gasteiger partial charge in [0.25, 0.3) is 0 Å². The van der Waals surface area contributed by atoms with E-state index < -0.39 is 48.1 Å². The Morgan fingerprint density at radius 3 is 1.79 bits per heavy atom. The number of hydrogen-bond acceptors (Lipinski definition) is 5. The van der Waals surface area contributed by atoms with Crippen molar-refractivity contribution in [3.63, 3.8) is 0 Å². The average Bonchev–Trinajstić information content (AvgIpc) is 2.44. The lowest BCUT2D eigenvalue weighted by Crippen LogP contribution is -2.54. The van der Waals surface area contributed by atoms with Crippen molar-refractivity contribution in [2.45, 2.75) is 38.4 Å². The lowest BCUT2D eigenvalue weighted by molar-refractivity contribution is -0.141. The molecule has 0 aromatic carbocycles. The highest BCUT2D eigenvalue weighted by Crippen LogP contribution is 1.95. The molecule has 3 atom stereocenters. The number of carboxylic acid groups (broad SMARTS) is 3. The summed E-state index contributed by atoms with van der Waals surface area (Å²) < 4.78 is 0. The molecule has 4 amide bonds. The number of hydrogen-bond donors (Lipinski definition) is 7. The minimum absolute atomic E-state index is 0.176. The molecule has 0 aliphatic heterocycles. The molecule has 12 nitrogen and oxygen atoms in total. The second-order valence-corrected chi connectivity index (χ2v) is 4.82. The normalized spacial score (nSPS) is 13.8. The van der Waals surface area contributed by atoms with Gasteiger partial charge in [0.05, 0.1) is 0 Å². The third-order valence-corrected chi connectivity index (χ3v) is 2.80. The Kier molecular flexibility index (Phi) is 8.61. The van der Waals surface area contributed by atoms with Crippen molar-refractivity contribution in [1.29, 1.82) is 0 Å². The van der Waals surface area contributed by atoms with Crippen LogP contribution in [-0.2, 0) is 14.4 Å². The summed E-state index contributed by atoms with van der Waals surface area (Å²) in [6.07, 6.45) is -3.01. The number of aliphatic carboxylic acids is 1. The van der Waals surface area contributed by atoms with Crippen molar-refractivity contribution >= 4 is 30.0 Å². The fraction of sp³-hybridized carbons (Fsp3) is 0.583. The summed E-state index contributed by atoms with van der Waals surface area (Å²) in [5.41, 5.74) is 0. The van der Waals surface area contributed by atoms with Gasteiger partial charge in [-0.2, -0.15) is 0 Å². The molecule has 0 spiro atoms. The van der Waals surface area contributed by atoms with Crippen LogP contribution in [0.1, 0.15) is 20.3 Å². The van der Waals surface area contributed by atoms with Crippen LogP contribution in [0.4, 0.5) is 9.59 Å². The topological polar surface area (TPSA) is 194 Å². The molecule has 136 valence electrons. The van der Waals surface area contributed by atoms with Gasteiger partial charge in [0, 0.05) is 6.54 Å².